The minimum Gasteiger partial charge on any atom is -0.419 e. The molecule has 0 radical (unpaired) electrons. The molecule has 0 bridgehead atoms. The van der Waals surface area contributed by atoms with Crippen LogP contribution in [0.4, 0.5) is 10.1 Å². The van der Waals surface area contributed by atoms with Crippen molar-refractivity contribution >= 4 is 22.5 Å². The van der Waals surface area contributed by atoms with Crippen LogP contribution in [0.2, 0.25) is 0 Å². The van der Waals surface area contributed by atoms with Gasteiger partial charge in [-0.05, 0) is 62.2 Å². The van der Waals surface area contributed by atoms with Gasteiger partial charge in [0, 0.05) is 22.8 Å². The van der Waals surface area contributed by atoms with Crippen molar-refractivity contribution in [2.75, 3.05) is 18.4 Å². The van der Waals surface area contributed by atoms with E-state index < -0.39 is 0 Å². The van der Waals surface area contributed by atoms with E-state index in [1.54, 1.807) is 0 Å². The molecule has 170 valence electrons. The van der Waals surface area contributed by atoms with E-state index in [2.05, 4.69) is 27.3 Å². The van der Waals surface area contributed by atoms with Gasteiger partial charge in [0.15, 0.2) is 0 Å². The van der Waals surface area contributed by atoms with Crippen molar-refractivity contribution in [2.45, 2.75) is 32.9 Å². The average molecular weight is 448 g/mol. The van der Waals surface area contributed by atoms with Crippen LogP contribution in [-0.4, -0.2) is 38.7 Å². The SMILES string of the molecule is CC1CCN(Cc2nnc(-c3cn(CC(=O)Nc4ccc(F)cc4)c4ccccc34)o2)CC1. The standard InChI is InChI=1S/C25H26FN5O2/c1-17-10-12-30(13-11-17)16-24-28-29-25(33-24)21-14-31(22-5-3-2-4-20(21)22)15-23(32)27-19-8-6-18(26)7-9-19/h2-9,14,17H,10-13,15-16H2,1H3,(H,27,32). The van der Waals surface area contributed by atoms with E-state index in [0.717, 1.165) is 35.5 Å². The maximum Gasteiger partial charge on any atom is 0.249 e. The first-order valence-corrected chi connectivity index (χ1v) is 11.2. The summed E-state index contributed by atoms with van der Waals surface area (Å²) in [5.41, 5.74) is 2.24. The fraction of sp³-hybridized carbons (Fsp3) is 0.320. The number of piperidine rings is 1. The number of hydrogen-bond donors (Lipinski definition) is 1. The molecule has 1 amide bonds. The molecule has 1 aliphatic heterocycles. The zero-order valence-electron chi connectivity index (χ0n) is 18.5. The van der Waals surface area contributed by atoms with Crippen LogP contribution in [0, 0.1) is 11.7 Å². The van der Waals surface area contributed by atoms with Crippen molar-refractivity contribution in [3.05, 3.63) is 66.4 Å². The summed E-state index contributed by atoms with van der Waals surface area (Å²) < 4.78 is 21.0. The predicted molar refractivity (Wildman–Crippen MR) is 124 cm³/mol. The molecule has 1 aliphatic rings. The molecular weight excluding hydrogens is 421 g/mol. The van der Waals surface area contributed by atoms with Crippen LogP contribution in [0.3, 0.4) is 0 Å². The number of fused-ring (bicyclic) bond motifs is 1. The van der Waals surface area contributed by atoms with Gasteiger partial charge in [-0.1, -0.05) is 25.1 Å². The molecule has 0 atom stereocenters. The summed E-state index contributed by atoms with van der Waals surface area (Å²) in [4.78, 5) is 15.0. The van der Waals surface area contributed by atoms with E-state index in [9.17, 15) is 9.18 Å². The van der Waals surface area contributed by atoms with Gasteiger partial charge in [-0.25, -0.2) is 4.39 Å². The van der Waals surface area contributed by atoms with E-state index in [-0.39, 0.29) is 18.3 Å². The maximum atomic E-state index is 13.1. The monoisotopic (exact) mass is 447 g/mol. The summed E-state index contributed by atoms with van der Waals surface area (Å²) in [6.45, 7) is 5.13. The lowest BCUT2D eigenvalue weighted by atomic mass is 9.99. The Balaban J connectivity index is 1.35. The Morgan fingerprint density at radius 1 is 1.12 bits per heavy atom. The third-order valence-electron chi connectivity index (χ3n) is 6.16. The molecule has 1 saturated heterocycles. The van der Waals surface area contributed by atoms with E-state index in [4.69, 9.17) is 4.42 Å². The summed E-state index contributed by atoms with van der Waals surface area (Å²) >= 11 is 0. The molecule has 1 N–H and O–H groups in total. The molecule has 5 rings (SSSR count). The predicted octanol–water partition coefficient (Wildman–Crippen LogP) is 4.70. The zero-order valence-corrected chi connectivity index (χ0v) is 18.5. The molecule has 4 aromatic rings. The largest absolute Gasteiger partial charge is 0.419 e. The number of hydrogen-bond acceptors (Lipinski definition) is 5. The number of carbonyl (C=O) groups is 1. The number of benzene rings is 2. The first-order chi connectivity index (χ1) is 16.0. The molecular formula is C25H26FN5O2. The molecule has 3 heterocycles. The van der Waals surface area contributed by atoms with E-state index in [0.29, 0.717) is 24.0 Å². The van der Waals surface area contributed by atoms with Gasteiger partial charge in [-0.2, -0.15) is 0 Å². The Bertz CT molecular complexity index is 1260. The van der Waals surface area contributed by atoms with Crippen LogP contribution >= 0.6 is 0 Å². The number of para-hydroxylation sites is 1. The second-order valence-electron chi connectivity index (χ2n) is 8.70. The third kappa shape index (κ3) is 4.80. The third-order valence-corrected chi connectivity index (χ3v) is 6.16. The summed E-state index contributed by atoms with van der Waals surface area (Å²) in [5.74, 6) is 1.27. The van der Waals surface area contributed by atoms with Crippen LogP contribution in [0.25, 0.3) is 22.4 Å². The van der Waals surface area contributed by atoms with Gasteiger partial charge >= 0.3 is 0 Å². The smallest absolute Gasteiger partial charge is 0.249 e. The van der Waals surface area contributed by atoms with Crippen LogP contribution in [-0.2, 0) is 17.9 Å². The second-order valence-corrected chi connectivity index (χ2v) is 8.70. The topological polar surface area (TPSA) is 76.2 Å². The number of likely N-dealkylation sites (tertiary alicyclic amines) is 1. The molecule has 8 heteroatoms. The van der Waals surface area contributed by atoms with E-state index in [1.807, 2.05) is 35.0 Å². The number of anilines is 1. The van der Waals surface area contributed by atoms with Gasteiger partial charge in [0.2, 0.25) is 17.7 Å². The van der Waals surface area contributed by atoms with Crippen LogP contribution in [0.5, 0.6) is 0 Å². The molecule has 0 aliphatic carbocycles. The molecule has 33 heavy (non-hydrogen) atoms. The number of nitrogens with one attached hydrogen (secondary N) is 1. The number of carbonyl (C=O) groups excluding carboxylic acids is 1. The highest BCUT2D eigenvalue weighted by Gasteiger charge is 2.20. The first kappa shape index (κ1) is 21.3. The molecule has 0 unspecified atom stereocenters. The number of nitrogens with zero attached hydrogens (tertiary/aromatic N) is 4. The lowest BCUT2D eigenvalue weighted by molar-refractivity contribution is -0.116. The van der Waals surface area contributed by atoms with Crippen molar-refractivity contribution < 1.29 is 13.6 Å². The Morgan fingerprint density at radius 2 is 1.88 bits per heavy atom. The molecule has 2 aromatic heterocycles. The number of halogens is 1. The van der Waals surface area contributed by atoms with Crippen molar-refractivity contribution in [3.8, 4) is 11.5 Å². The fourth-order valence-corrected chi connectivity index (χ4v) is 4.27. The Labute approximate surface area is 191 Å². The van der Waals surface area contributed by atoms with Crippen molar-refractivity contribution in [2.24, 2.45) is 5.92 Å². The zero-order chi connectivity index (χ0) is 22.8. The Morgan fingerprint density at radius 3 is 2.67 bits per heavy atom. The highest BCUT2D eigenvalue weighted by atomic mass is 19.1. The van der Waals surface area contributed by atoms with Gasteiger partial charge in [0.1, 0.15) is 12.4 Å². The molecule has 0 saturated carbocycles. The van der Waals surface area contributed by atoms with Crippen LogP contribution in [0.15, 0.2) is 59.1 Å². The van der Waals surface area contributed by atoms with Gasteiger partial charge in [0.25, 0.3) is 0 Å². The summed E-state index contributed by atoms with van der Waals surface area (Å²) in [6, 6.07) is 13.5. The van der Waals surface area contributed by atoms with Crippen molar-refractivity contribution in [1.29, 1.82) is 0 Å². The van der Waals surface area contributed by atoms with Crippen molar-refractivity contribution in [1.82, 2.24) is 19.7 Å². The molecule has 7 nitrogen and oxygen atoms in total. The number of amides is 1. The van der Waals surface area contributed by atoms with Crippen molar-refractivity contribution in [3.63, 3.8) is 0 Å². The Kier molecular flexibility index (Phi) is 5.92. The van der Waals surface area contributed by atoms with E-state index in [1.165, 1.54) is 37.1 Å². The summed E-state index contributed by atoms with van der Waals surface area (Å²) in [7, 11) is 0. The van der Waals surface area contributed by atoms with Gasteiger partial charge < -0.3 is 14.3 Å². The summed E-state index contributed by atoms with van der Waals surface area (Å²) in [5, 5.41) is 12.3. The van der Waals surface area contributed by atoms with Crippen LogP contribution in [0.1, 0.15) is 25.7 Å². The lowest BCUT2D eigenvalue weighted by Crippen LogP contribution is -2.32. The molecule has 1 fully saturated rings. The molecule has 0 spiro atoms. The minimum absolute atomic E-state index is 0.102. The first-order valence-electron chi connectivity index (χ1n) is 11.2. The average Bonchev–Trinajstić information content (AvgIpc) is 3.42. The van der Waals surface area contributed by atoms with Gasteiger partial charge in [-0.3, -0.25) is 9.69 Å². The number of rotatable bonds is 6. The normalized spacial score (nSPS) is 15.2. The quantitative estimate of drug-likeness (QED) is 0.464. The maximum absolute atomic E-state index is 13.1. The minimum atomic E-state index is -0.345. The van der Waals surface area contributed by atoms with Gasteiger partial charge in [-0.15, -0.1) is 10.2 Å². The summed E-state index contributed by atoms with van der Waals surface area (Å²) in [6.07, 6.45) is 4.25. The number of aromatic nitrogens is 3. The van der Waals surface area contributed by atoms with Crippen LogP contribution < -0.4 is 5.32 Å². The Hall–Kier alpha value is -3.52. The van der Waals surface area contributed by atoms with E-state index >= 15 is 0 Å². The highest BCUT2D eigenvalue weighted by Crippen LogP contribution is 2.30. The molecule has 2 aromatic carbocycles. The highest BCUT2D eigenvalue weighted by molar-refractivity contribution is 5.96. The fourth-order valence-electron chi connectivity index (χ4n) is 4.27. The lowest BCUT2D eigenvalue weighted by Gasteiger charge is -2.28. The van der Waals surface area contributed by atoms with Gasteiger partial charge in [0.05, 0.1) is 12.1 Å². The second kappa shape index (κ2) is 9.15.